The molecule has 2 rings (SSSR count). The summed E-state index contributed by atoms with van der Waals surface area (Å²) in [5.74, 6) is -1.24. The lowest BCUT2D eigenvalue weighted by Crippen LogP contribution is -2.06. The van der Waals surface area contributed by atoms with E-state index in [2.05, 4.69) is 4.98 Å². The molecule has 0 aliphatic heterocycles. The van der Waals surface area contributed by atoms with Crippen LogP contribution in [0, 0.1) is 5.82 Å². The molecule has 0 radical (unpaired) electrons. The quantitative estimate of drug-likeness (QED) is 0.901. The Labute approximate surface area is 103 Å². The molecular formula is C13H10FNO3. The van der Waals surface area contributed by atoms with Crippen LogP contribution in [0.3, 0.4) is 0 Å². The molecule has 0 aliphatic rings. The first-order valence-corrected chi connectivity index (χ1v) is 5.21. The minimum atomic E-state index is -1.18. The maximum atomic E-state index is 13.0. The summed E-state index contributed by atoms with van der Waals surface area (Å²) in [5, 5.41) is 8.95. The zero-order chi connectivity index (χ0) is 13.0. The minimum absolute atomic E-state index is 0.0492. The third-order valence-electron chi connectivity index (χ3n) is 2.33. The topological polar surface area (TPSA) is 59.4 Å². The lowest BCUT2D eigenvalue weighted by Gasteiger charge is -2.08. The van der Waals surface area contributed by atoms with E-state index >= 15 is 0 Å². The van der Waals surface area contributed by atoms with Gasteiger partial charge in [-0.15, -0.1) is 0 Å². The standard InChI is InChI=1S/C13H10FNO3/c14-10-4-3-9(12(6-10)13(16)17)8-18-11-2-1-5-15-7-11/h1-7H,8H2,(H,16,17). The second kappa shape index (κ2) is 5.27. The van der Waals surface area contributed by atoms with E-state index in [9.17, 15) is 9.18 Å². The Hall–Kier alpha value is -2.43. The highest BCUT2D eigenvalue weighted by atomic mass is 19.1. The fraction of sp³-hybridized carbons (Fsp3) is 0.0769. The average Bonchev–Trinajstić information content (AvgIpc) is 2.38. The molecule has 18 heavy (non-hydrogen) atoms. The Balaban J connectivity index is 2.17. The maximum absolute atomic E-state index is 13.0. The van der Waals surface area contributed by atoms with Crippen LogP contribution in [0.1, 0.15) is 15.9 Å². The van der Waals surface area contributed by atoms with Crippen molar-refractivity contribution in [1.29, 1.82) is 0 Å². The third kappa shape index (κ3) is 2.82. The van der Waals surface area contributed by atoms with E-state index in [0.29, 0.717) is 11.3 Å². The van der Waals surface area contributed by atoms with Crippen molar-refractivity contribution in [2.75, 3.05) is 0 Å². The van der Waals surface area contributed by atoms with Gasteiger partial charge in [0.25, 0.3) is 0 Å². The molecule has 0 spiro atoms. The van der Waals surface area contributed by atoms with E-state index < -0.39 is 11.8 Å². The zero-order valence-electron chi connectivity index (χ0n) is 9.34. The molecule has 0 atom stereocenters. The lowest BCUT2D eigenvalue weighted by atomic mass is 10.1. The molecule has 0 unspecified atom stereocenters. The molecule has 1 aromatic heterocycles. The highest BCUT2D eigenvalue weighted by molar-refractivity contribution is 5.89. The molecule has 1 N–H and O–H groups in total. The van der Waals surface area contributed by atoms with Gasteiger partial charge in [0.05, 0.1) is 11.8 Å². The molecular weight excluding hydrogens is 237 g/mol. The molecule has 5 heteroatoms. The van der Waals surface area contributed by atoms with E-state index in [4.69, 9.17) is 9.84 Å². The maximum Gasteiger partial charge on any atom is 0.336 e. The van der Waals surface area contributed by atoms with Crippen molar-refractivity contribution in [3.05, 3.63) is 59.7 Å². The van der Waals surface area contributed by atoms with E-state index in [1.165, 1.54) is 18.3 Å². The van der Waals surface area contributed by atoms with Crippen LogP contribution in [0.2, 0.25) is 0 Å². The zero-order valence-corrected chi connectivity index (χ0v) is 9.34. The van der Waals surface area contributed by atoms with Crippen molar-refractivity contribution in [2.45, 2.75) is 6.61 Å². The number of hydrogen-bond acceptors (Lipinski definition) is 3. The lowest BCUT2D eigenvalue weighted by molar-refractivity contribution is 0.0693. The number of rotatable bonds is 4. The summed E-state index contributed by atoms with van der Waals surface area (Å²) in [7, 11) is 0. The van der Waals surface area contributed by atoms with Gasteiger partial charge in [-0.3, -0.25) is 4.98 Å². The van der Waals surface area contributed by atoms with E-state index in [1.54, 1.807) is 18.3 Å². The van der Waals surface area contributed by atoms with Gasteiger partial charge in [0.15, 0.2) is 0 Å². The Kier molecular flexibility index (Phi) is 3.52. The monoisotopic (exact) mass is 247 g/mol. The number of aromatic carboxylic acids is 1. The van der Waals surface area contributed by atoms with Gasteiger partial charge in [0.1, 0.15) is 18.2 Å². The molecule has 4 nitrogen and oxygen atoms in total. The molecule has 0 saturated heterocycles. The molecule has 2 aromatic rings. The van der Waals surface area contributed by atoms with Crippen LogP contribution in [-0.4, -0.2) is 16.1 Å². The van der Waals surface area contributed by atoms with Crippen molar-refractivity contribution in [1.82, 2.24) is 4.98 Å². The SMILES string of the molecule is O=C(O)c1cc(F)ccc1COc1cccnc1. The van der Waals surface area contributed by atoms with Crippen molar-refractivity contribution in [2.24, 2.45) is 0 Å². The Bertz CT molecular complexity index is 557. The van der Waals surface area contributed by atoms with Crippen LogP contribution >= 0.6 is 0 Å². The first-order chi connectivity index (χ1) is 8.66. The molecule has 0 bridgehead atoms. The molecule has 0 saturated carbocycles. The normalized spacial score (nSPS) is 10.1. The predicted molar refractivity (Wildman–Crippen MR) is 61.9 cm³/mol. The van der Waals surface area contributed by atoms with Crippen LogP contribution in [0.4, 0.5) is 4.39 Å². The van der Waals surface area contributed by atoms with E-state index in [-0.39, 0.29) is 12.2 Å². The molecule has 1 aromatic carbocycles. The van der Waals surface area contributed by atoms with Crippen molar-refractivity contribution >= 4 is 5.97 Å². The smallest absolute Gasteiger partial charge is 0.336 e. The summed E-state index contributed by atoms with van der Waals surface area (Å²) in [6.45, 7) is 0.0492. The second-order valence-electron chi connectivity index (χ2n) is 3.58. The van der Waals surface area contributed by atoms with Crippen molar-refractivity contribution in [3.8, 4) is 5.75 Å². The van der Waals surface area contributed by atoms with E-state index in [0.717, 1.165) is 6.07 Å². The fourth-order valence-corrected chi connectivity index (χ4v) is 1.47. The largest absolute Gasteiger partial charge is 0.487 e. The van der Waals surface area contributed by atoms with Gasteiger partial charge in [0.2, 0.25) is 0 Å². The fourth-order valence-electron chi connectivity index (χ4n) is 1.47. The van der Waals surface area contributed by atoms with Gasteiger partial charge >= 0.3 is 5.97 Å². The predicted octanol–water partition coefficient (Wildman–Crippen LogP) is 2.50. The van der Waals surface area contributed by atoms with Crippen LogP contribution in [0.5, 0.6) is 5.75 Å². The molecule has 0 amide bonds. The van der Waals surface area contributed by atoms with Gasteiger partial charge < -0.3 is 9.84 Å². The number of aromatic nitrogens is 1. The van der Waals surface area contributed by atoms with Crippen LogP contribution in [0.25, 0.3) is 0 Å². The van der Waals surface area contributed by atoms with Crippen LogP contribution in [0.15, 0.2) is 42.7 Å². The minimum Gasteiger partial charge on any atom is -0.487 e. The van der Waals surface area contributed by atoms with Crippen LogP contribution < -0.4 is 4.74 Å². The Morgan fingerprint density at radius 3 is 2.89 bits per heavy atom. The number of benzene rings is 1. The first kappa shape index (κ1) is 12.0. The van der Waals surface area contributed by atoms with Gasteiger partial charge in [0, 0.05) is 11.8 Å². The Morgan fingerprint density at radius 2 is 2.22 bits per heavy atom. The summed E-state index contributed by atoms with van der Waals surface area (Å²) in [4.78, 5) is 14.8. The second-order valence-corrected chi connectivity index (χ2v) is 3.58. The number of ether oxygens (including phenoxy) is 1. The summed E-state index contributed by atoms with van der Waals surface area (Å²) in [6.07, 6.45) is 3.12. The summed E-state index contributed by atoms with van der Waals surface area (Å²) in [6, 6.07) is 6.99. The van der Waals surface area contributed by atoms with Crippen molar-refractivity contribution < 1.29 is 19.0 Å². The average molecular weight is 247 g/mol. The number of halogens is 1. The van der Waals surface area contributed by atoms with Gasteiger partial charge in [-0.2, -0.15) is 0 Å². The van der Waals surface area contributed by atoms with Crippen molar-refractivity contribution in [3.63, 3.8) is 0 Å². The third-order valence-corrected chi connectivity index (χ3v) is 2.33. The Morgan fingerprint density at radius 1 is 1.39 bits per heavy atom. The number of nitrogens with zero attached hydrogens (tertiary/aromatic N) is 1. The van der Waals surface area contributed by atoms with E-state index in [1.807, 2.05) is 0 Å². The van der Waals surface area contributed by atoms with Crippen LogP contribution in [-0.2, 0) is 6.61 Å². The molecule has 0 fully saturated rings. The number of carboxylic acid groups (broad SMARTS) is 1. The highest BCUT2D eigenvalue weighted by Gasteiger charge is 2.11. The summed E-state index contributed by atoms with van der Waals surface area (Å²) >= 11 is 0. The summed E-state index contributed by atoms with van der Waals surface area (Å²) in [5.41, 5.74) is 0.312. The number of pyridine rings is 1. The molecule has 0 aliphatic carbocycles. The summed E-state index contributed by atoms with van der Waals surface area (Å²) < 4.78 is 18.3. The molecule has 1 heterocycles. The number of carbonyl (C=O) groups is 1. The molecule has 92 valence electrons. The van der Waals surface area contributed by atoms with Gasteiger partial charge in [-0.25, -0.2) is 9.18 Å². The number of hydrogen-bond donors (Lipinski definition) is 1. The first-order valence-electron chi connectivity index (χ1n) is 5.21. The van der Waals surface area contributed by atoms with Gasteiger partial charge in [-0.1, -0.05) is 6.07 Å². The highest BCUT2D eigenvalue weighted by Crippen LogP contribution is 2.15. The number of carboxylic acids is 1. The van der Waals surface area contributed by atoms with Gasteiger partial charge in [-0.05, 0) is 24.3 Å².